The summed E-state index contributed by atoms with van der Waals surface area (Å²) in [6.45, 7) is 4.39. The van der Waals surface area contributed by atoms with Crippen LogP contribution in [0.3, 0.4) is 0 Å². The van der Waals surface area contributed by atoms with Gasteiger partial charge in [-0.25, -0.2) is 0 Å². The van der Waals surface area contributed by atoms with Gasteiger partial charge in [0.1, 0.15) is 0 Å². The first-order chi connectivity index (χ1) is 18.7. The molecule has 0 heteroatoms. The lowest BCUT2D eigenvalue weighted by molar-refractivity contribution is 1.49. The van der Waals surface area contributed by atoms with Crippen LogP contribution in [0.1, 0.15) is 11.1 Å². The molecule has 0 heterocycles. The molecular weight excluding hydrogens is 456 g/mol. The van der Waals surface area contributed by atoms with Crippen molar-refractivity contribution in [2.24, 2.45) is 0 Å². The Bertz CT molecular complexity index is 1960. The third-order valence-corrected chi connectivity index (χ3v) is 7.73. The average molecular weight is 485 g/mol. The molecule has 0 bridgehead atoms. The van der Waals surface area contributed by atoms with Gasteiger partial charge in [-0.2, -0.15) is 0 Å². The van der Waals surface area contributed by atoms with Gasteiger partial charge in [0.25, 0.3) is 0 Å². The molecule has 7 aromatic carbocycles. The predicted octanol–water partition coefficient (Wildman–Crippen LogP) is 10.8. The fourth-order valence-corrected chi connectivity index (χ4v) is 5.97. The highest BCUT2D eigenvalue weighted by Crippen LogP contribution is 2.47. The van der Waals surface area contributed by atoms with Gasteiger partial charge >= 0.3 is 0 Å². The Labute approximate surface area is 223 Å². The van der Waals surface area contributed by atoms with Crippen molar-refractivity contribution in [3.8, 4) is 33.4 Å². The smallest absolute Gasteiger partial charge is 0.00198 e. The summed E-state index contributed by atoms with van der Waals surface area (Å²) < 4.78 is 0. The van der Waals surface area contributed by atoms with Gasteiger partial charge in [0, 0.05) is 0 Å². The highest BCUT2D eigenvalue weighted by Gasteiger charge is 2.20. The van der Waals surface area contributed by atoms with E-state index in [1.807, 2.05) is 0 Å². The Hall–Kier alpha value is -4.68. The van der Waals surface area contributed by atoms with Crippen molar-refractivity contribution in [2.45, 2.75) is 13.8 Å². The molecule has 0 N–H and O–H groups in total. The maximum Gasteiger partial charge on any atom is -0.00198 e. The minimum Gasteiger partial charge on any atom is -0.0622 e. The van der Waals surface area contributed by atoms with Crippen LogP contribution in [-0.4, -0.2) is 0 Å². The summed E-state index contributed by atoms with van der Waals surface area (Å²) in [6, 6.07) is 49.0. The van der Waals surface area contributed by atoms with E-state index in [0.29, 0.717) is 0 Å². The fourth-order valence-electron chi connectivity index (χ4n) is 5.97. The molecule has 180 valence electrons. The monoisotopic (exact) mass is 484 g/mol. The van der Waals surface area contributed by atoms with E-state index in [1.165, 1.54) is 76.8 Å². The zero-order valence-electron chi connectivity index (χ0n) is 21.7. The standard InChI is InChI=1S/C38H28/c1-25-18-20-32-34(21-25)37(28-13-7-4-8-14-28)31-19-17-26(2)22-35(31)38(32)36-24-30-16-10-9-15-29(30)23-33(36)27-11-5-3-6-12-27/h3-24H,1-2H3. The van der Waals surface area contributed by atoms with Crippen LogP contribution in [-0.2, 0) is 0 Å². The second-order valence-electron chi connectivity index (χ2n) is 10.3. The molecule has 0 saturated heterocycles. The van der Waals surface area contributed by atoms with E-state index in [0.717, 1.165) is 0 Å². The molecule has 0 radical (unpaired) electrons. The number of benzene rings is 7. The molecule has 0 atom stereocenters. The predicted molar refractivity (Wildman–Crippen MR) is 165 cm³/mol. The summed E-state index contributed by atoms with van der Waals surface area (Å²) in [5.41, 5.74) is 10.2. The molecule has 7 rings (SSSR count). The van der Waals surface area contributed by atoms with Crippen molar-refractivity contribution in [3.63, 3.8) is 0 Å². The number of hydrogen-bond donors (Lipinski definition) is 0. The van der Waals surface area contributed by atoms with E-state index >= 15 is 0 Å². The normalized spacial score (nSPS) is 11.4. The van der Waals surface area contributed by atoms with Gasteiger partial charge in [-0.1, -0.05) is 132 Å². The molecule has 0 aliphatic rings. The fraction of sp³-hybridized carbons (Fsp3) is 0.0526. The van der Waals surface area contributed by atoms with Crippen molar-refractivity contribution >= 4 is 32.3 Å². The molecule has 0 saturated carbocycles. The van der Waals surface area contributed by atoms with Crippen LogP contribution in [0.4, 0.5) is 0 Å². The van der Waals surface area contributed by atoms with Crippen molar-refractivity contribution in [2.75, 3.05) is 0 Å². The number of fused-ring (bicyclic) bond motifs is 3. The molecule has 7 aromatic rings. The maximum absolute atomic E-state index is 2.40. The van der Waals surface area contributed by atoms with Crippen molar-refractivity contribution in [1.29, 1.82) is 0 Å². The first kappa shape index (κ1) is 22.5. The van der Waals surface area contributed by atoms with Gasteiger partial charge < -0.3 is 0 Å². The SMILES string of the molecule is Cc1ccc2c(-c3cc4ccccc4cc3-c3ccccc3)c3cc(C)ccc3c(-c3ccccc3)c2c1. The Balaban J connectivity index is 1.71. The van der Waals surface area contributed by atoms with Crippen LogP contribution < -0.4 is 0 Å². The van der Waals surface area contributed by atoms with Crippen LogP contribution in [0.25, 0.3) is 65.7 Å². The topological polar surface area (TPSA) is 0 Å². The highest BCUT2D eigenvalue weighted by atomic mass is 14.2. The number of aryl methyl sites for hydroxylation is 2. The average Bonchev–Trinajstić information content (AvgIpc) is 2.96. The summed E-state index contributed by atoms with van der Waals surface area (Å²) in [5.74, 6) is 0. The summed E-state index contributed by atoms with van der Waals surface area (Å²) in [7, 11) is 0. The lowest BCUT2D eigenvalue weighted by atomic mass is 9.82. The van der Waals surface area contributed by atoms with Crippen LogP contribution in [0.5, 0.6) is 0 Å². The van der Waals surface area contributed by atoms with Gasteiger partial charge in [-0.3, -0.25) is 0 Å². The van der Waals surface area contributed by atoms with Gasteiger partial charge in [0.2, 0.25) is 0 Å². The molecule has 0 amide bonds. The Kier molecular flexibility index (Phi) is 5.34. The third-order valence-electron chi connectivity index (χ3n) is 7.73. The van der Waals surface area contributed by atoms with Gasteiger partial charge in [-0.15, -0.1) is 0 Å². The molecule has 0 nitrogen and oxygen atoms in total. The second kappa shape index (κ2) is 9.01. The van der Waals surface area contributed by atoms with E-state index in [2.05, 4.69) is 147 Å². The first-order valence-electron chi connectivity index (χ1n) is 13.3. The maximum atomic E-state index is 2.40. The molecular formula is C38H28. The summed E-state index contributed by atoms with van der Waals surface area (Å²) >= 11 is 0. The van der Waals surface area contributed by atoms with Crippen molar-refractivity contribution in [3.05, 3.63) is 145 Å². The minimum absolute atomic E-state index is 1.24. The van der Waals surface area contributed by atoms with Crippen LogP contribution in [0.15, 0.2) is 133 Å². The molecule has 0 unspecified atom stereocenters. The zero-order valence-corrected chi connectivity index (χ0v) is 21.7. The van der Waals surface area contributed by atoms with Crippen LogP contribution in [0.2, 0.25) is 0 Å². The van der Waals surface area contributed by atoms with Gasteiger partial charge in [0.15, 0.2) is 0 Å². The molecule has 0 aliphatic heterocycles. The van der Waals surface area contributed by atoms with Crippen LogP contribution in [0, 0.1) is 13.8 Å². The summed E-state index contributed by atoms with van der Waals surface area (Å²) in [5, 5.41) is 7.71. The largest absolute Gasteiger partial charge is 0.0622 e. The summed E-state index contributed by atoms with van der Waals surface area (Å²) in [6.07, 6.45) is 0. The molecule has 0 aliphatic carbocycles. The van der Waals surface area contributed by atoms with E-state index in [1.54, 1.807) is 0 Å². The number of hydrogen-bond acceptors (Lipinski definition) is 0. The quantitative estimate of drug-likeness (QED) is 0.219. The Morgan fingerprint density at radius 3 is 1.42 bits per heavy atom. The van der Waals surface area contributed by atoms with E-state index in [4.69, 9.17) is 0 Å². The lowest BCUT2D eigenvalue weighted by Gasteiger charge is -2.21. The second-order valence-corrected chi connectivity index (χ2v) is 10.3. The number of rotatable bonds is 3. The van der Waals surface area contributed by atoms with Crippen LogP contribution >= 0.6 is 0 Å². The first-order valence-corrected chi connectivity index (χ1v) is 13.3. The molecule has 0 fully saturated rings. The Morgan fingerprint density at radius 2 is 0.816 bits per heavy atom. The van der Waals surface area contributed by atoms with Crippen molar-refractivity contribution in [1.82, 2.24) is 0 Å². The molecule has 0 spiro atoms. The van der Waals surface area contributed by atoms with E-state index in [9.17, 15) is 0 Å². The molecule has 38 heavy (non-hydrogen) atoms. The Morgan fingerprint density at radius 1 is 0.342 bits per heavy atom. The van der Waals surface area contributed by atoms with Crippen molar-refractivity contribution < 1.29 is 0 Å². The third kappa shape index (κ3) is 3.69. The van der Waals surface area contributed by atoms with Gasteiger partial charge in [0.05, 0.1) is 0 Å². The minimum atomic E-state index is 1.24. The van der Waals surface area contributed by atoms with E-state index < -0.39 is 0 Å². The zero-order chi connectivity index (χ0) is 25.6. The summed E-state index contributed by atoms with van der Waals surface area (Å²) in [4.78, 5) is 0. The highest BCUT2D eigenvalue weighted by molar-refractivity contribution is 6.23. The lowest BCUT2D eigenvalue weighted by Crippen LogP contribution is -1.94. The molecule has 0 aromatic heterocycles. The van der Waals surface area contributed by atoms with E-state index in [-0.39, 0.29) is 0 Å². The van der Waals surface area contributed by atoms with Gasteiger partial charge in [-0.05, 0) is 91.7 Å².